The molecule has 0 N–H and O–H groups in total. The molecule has 0 saturated carbocycles. The lowest BCUT2D eigenvalue weighted by Crippen LogP contribution is -2.02. The zero-order chi connectivity index (χ0) is 16.3. The molecular weight excluding hydrogens is 367 g/mol. The van der Waals surface area contributed by atoms with Gasteiger partial charge in [-0.1, -0.05) is 22.0 Å². The summed E-state index contributed by atoms with van der Waals surface area (Å²) in [4.78, 5) is 15.9. The molecular formula is C16H12BrFN2OS. The Morgan fingerprint density at radius 1 is 1.45 bits per heavy atom. The normalized spacial score (nSPS) is 10.3. The summed E-state index contributed by atoms with van der Waals surface area (Å²) >= 11 is 4.70. The molecule has 1 aromatic heterocycles. The van der Waals surface area contributed by atoms with E-state index in [0.717, 1.165) is 5.56 Å². The molecule has 0 radical (unpaired) electrons. The molecule has 3 nitrogen and oxygen atoms in total. The van der Waals surface area contributed by atoms with Crippen molar-refractivity contribution in [3.63, 3.8) is 0 Å². The molecule has 0 saturated heterocycles. The monoisotopic (exact) mass is 378 g/mol. The molecule has 0 bridgehead atoms. The standard InChI is InChI=1S/C16H12BrFN2OS/c1-9-14(10(2)21)5-12(7-19)16(20-9)22-8-11-3-4-13(18)6-15(11)17/h3-6H,8H2,1-2H3. The van der Waals surface area contributed by atoms with Crippen molar-refractivity contribution < 1.29 is 9.18 Å². The Hall–Kier alpha value is -1.71. The number of nitrogens with zero attached hydrogens (tertiary/aromatic N) is 2. The average molecular weight is 379 g/mol. The van der Waals surface area contributed by atoms with Gasteiger partial charge in [0.1, 0.15) is 16.9 Å². The zero-order valence-electron chi connectivity index (χ0n) is 12.0. The third-order valence-electron chi connectivity index (χ3n) is 3.06. The fourth-order valence-electron chi connectivity index (χ4n) is 1.91. The second kappa shape index (κ2) is 7.03. The van der Waals surface area contributed by atoms with Crippen molar-refractivity contribution in [3.05, 3.63) is 56.9 Å². The second-order valence-electron chi connectivity index (χ2n) is 4.67. The first kappa shape index (κ1) is 16.7. The number of pyridine rings is 1. The Labute approximate surface area is 140 Å². The molecule has 1 aromatic carbocycles. The predicted octanol–water partition coefficient (Wildman–Crippen LogP) is 4.66. The maximum atomic E-state index is 13.1. The Kier molecular flexibility index (Phi) is 5.33. The molecule has 2 aromatic rings. The number of carbonyl (C=O) groups excluding carboxylic acids is 1. The number of Topliss-reactive ketones (excluding diaryl/α,β-unsaturated/α-hetero) is 1. The molecule has 6 heteroatoms. The number of halogens is 2. The number of rotatable bonds is 4. The third kappa shape index (κ3) is 3.73. The van der Waals surface area contributed by atoms with Gasteiger partial charge in [0, 0.05) is 21.5 Å². The van der Waals surface area contributed by atoms with E-state index in [1.807, 2.05) is 0 Å². The molecule has 22 heavy (non-hydrogen) atoms. The number of aryl methyl sites for hydroxylation is 1. The highest BCUT2D eigenvalue weighted by Crippen LogP contribution is 2.29. The van der Waals surface area contributed by atoms with Gasteiger partial charge in [-0.15, -0.1) is 11.8 Å². The highest BCUT2D eigenvalue weighted by atomic mass is 79.9. The number of ketones is 1. The summed E-state index contributed by atoms with van der Waals surface area (Å²) in [5.41, 5.74) is 2.35. The minimum Gasteiger partial charge on any atom is -0.294 e. The van der Waals surface area contributed by atoms with Gasteiger partial charge in [-0.25, -0.2) is 9.37 Å². The van der Waals surface area contributed by atoms with E-state index in [1.54, 1.807) is 19.1 Å². The number of hydrogen-bond donors (Lipinski definition) is 0. The molecule has 0 fully saturated rings. The van der Waals surface area contributed by atoms with E-state index < -0.39 is 0 Å². The molecule has 1 heterocycles. The number of thioether (sulfide) groups is 1. The predicted molar refractivity (Wildman–Crippen MR) is 87.4 cm³/mol. The van der Waals surface area contributed by atoms with Gasteiger partial charge in [-0.3, -0.25) is 4.79 Å². The topological polar surface area (TPSA) is 53.8 Å². The minimum absolute atomic E-state index is 0.112. The smallest absolute Gasteiger partial charge is 0.161 e. The molecule has 0 aliphatic heterocycles. The maximum absolute atomic E-state index is 13.1. The van der Waals surface area contributed by atoms with Crippen LogP contribution in [0.3, 0.4) is 0 Å². The van der Waals surface area contributed by atoms with Crippen LogP contribution in [-0.4, -0.2) is 10.8 Å². The van der Waals surface area contributed by atoms with E-state index in [4.69, 9.17) is 0 Å². The van der Waals surface area contributed by atoms with Crippen LogP contribution in [0.5, 0.6) is 0 Å². The van der Waals surface area contributed by atoms with E-state index >= 15 is 0 Å². The minimum atomic E-state index is -0.307. The molecule has 0 aliphatic rings. The molecule has 0 atom stereocenters. The fourth-order valence-corrected chi connectivity index (χ4v) is 3.60. The van der Waals surface area contributed by atoms with Crippen LogP contribution in [0.4, 0.5) is 4.39 Å². The second-order valence-corrected chi connectivity index (χ2v) is 6.48. The summed E-state index contributed by atoms with van der Waals surface area (Å²) in [5.74, 6) is 0.124. The largest absolute Gasteiger partial charge is 0.294 e. The molecule has 0 amide bonds. The maximum Gasteiger partial charge on any atom is 0.161 e. The quantitative estimate of drug-likeness (QED) is 0.573. The fraction of sp³-hybridized carbons (Fsp3) is 0.188. The Morgan fingerprint density at radius 2 is 2.18 bits per heavy atom. The van der Waals surface area contributed by atoms with Crippen molar-refractivity contribution >= 4 is 33.5 Å². The summed E-state index contributed by atoms with van der Waals surface area (Å²) in [6, 6.07) is 8.13. The first-order chi connectivity index (χ1) is 10.4. The van der Waals surface area contributed by atoms with Crippen LogP contribution in [0.1, 0.15) is 34.1 Å². The van der Waals surface area contributed by atoms with E-state index in [1.165, 1.54) is 30.8 Å². The Balaban J connectivity index is 2.28. The van der Waals surface area contributed by atoms with Gasteiger partial charge in [0.25, 0.3) is 0 Å². The lowest BCUT2D eigenvalue weighted by molar-refractivity contribution is 0.101. The summed E-state index contributed by atoms with van der Waals surface area (Å²) in [7, 11) is 0. The molecule has 0 aliphatic carbocycles. The van der Waals surface area contributed by atoms with Gasteiger partial charge in [0.05, 0.1) is 5.56 Å². The van der Waals surface area contributed by atoms with Gasteiger partial charge >= 0.3 is 0 Å². The van der Waals surface area contributed by atoms with Gasteiger partial charge < -0.3 is 0 Å². The van der Waals surface area contributed by atoms with Crippen LogP contribution >= 0.6 is 27.7 Å². The first-order valence-corrected chi connectivity index (χ1v) is 8.19. The van der Waals surface area contributed by atoms with Crippen molar-refractivity contribution in [3.8, 4) is 6.07 Å². The van der Waals surface area contributed by atoms with Crippen molar-refractivity contribution in [1.82, 2.24) is 4.98 Å². The van der Waals surface area contributed by atoms with Crippen molar-refractivity contribution in [2.24, 2.45) is 0 Å². The SMILES string of the molecule is CC(=O)c1cc(C#N)c(SCc2ccc(F)cc2Br)nc1C. The molecule has 112 valence electrons. The lowest BCUT2D eigenvalue weighted by Gasteiger charge is -2.09. The van der Waals surface area contributed by atoms with E-state index in [-0.39, 0.29) is 11.6 Å². The van der Waals surface area contributed by atoms with Crippen LogP contribution in [-0.2, 0) is 5.75 Å². The number of aromatic nitrogens is 1. The average Bonchev–Trinajstić information content (AvgIpc) is 2.46. The Morgan fingerprint density at radius 3 is 2.77 bits per heavy atom. The number of nitriles is 1. The van der Waals surface area contributed by atoms with E-state index in [0.29, 0.717) is 32.1 Å². The van der Waals surface area contributed by atoms with Crippen LogP contribution < -0.4 is 0 Å². The highest BCUT2D eigenvalue weighted by Gasteiger charge is 2.13. The molecule has 2 rings (SSSR count). The van der Waals surface area contributed by atoms with Crippen molar-refractivity contribution in [1.29, 1.82) is 5.26 Å². The zero-order valence-corrected chi connectivity index (χ0v) is 14.4. The number of benzene rings is 1. The van der Waals surface area contributed by atoms with Crippen molar-refractivity contribution in [2.75, 3.05) is 0 Å². The van der Waals surface area contributed by atoms with Crippen LogP contribution in [0.25, 0.3) is 0 Å². The highest BCUT2D eigenvalue weighted by molar-refractivity contribution is 9.10. The lowest BCUT2D eigenvalue weighted by atomic mass is 10.1. The van der Waals surface area contributed by atoms with Crippen LogP contribution in [0, 0.1) is 24.1 Å². The van der Waals surface area contributed by atoms with Gasteiger partial charge in [-0.05, 0) is 37.6 Å². The summed E-state index contributed by atoms with van der Waals surface area (Å²) in [6.07, 6.45) is 0. The summed E-state index contributed by atoms with van der Waals surface area (Å²) < 4.78 is 13.8. The first-order valence-electron chi connectivity index (χ1n) is 6.41. The Bertz CT molecular complexity index is 786. The van der Waals surface area contributed by atoms with Gasteiger partial charge in [-0.2, -0.15) is 5.26 Å². The number of carbonyl (C=O) groups is 1. The number of hydrogen-bond acceptors (Lipinski definition) is 4. The van der Waals surface area contributed by atoms with Crippen LogP contribution in [0.2, 0.25) is 0 Å². The molecule has 0 spiro atoms. The summed E-state index contributed by atoms with van der Waals surface area (Å²) in [5, 5.41) is 9.80. The van der Waals surface area contributed by atoms with Gasteiger partial charge in [0.2, 0.25) is 0 Å². The summed E-state index contributed by atoms with van der Waals surface area (Å²) in [6.45, 7) is 3.20. The van der Waals surface area contributed by atoms with E-state index in [2.05, 4.69) is 27.0 Å². The third-order valence-corrected chi connectivity index (χ3v) is 4.84. The van der Waals surface area contributed by atoms with Crippen molar-refractivity contribution in [2.45, 2.75) is 24.6 Å². The van der Waals surface area contributed by atoms with Gasteiger partial charge in [0.15, 0.2) is 5.78 Å². The van der Waals surface area contributed by atoms with Crippen LogP contribution in [0.15, 0.2) is 33.8 Å². The van der Waals surface area contributed by atoms with E-state index in [9.17, 15) is 14.4 Å². The molecule has 0 unspecified atom stereocenters.